The van der Waals surface area contributed by atoms with Crippen LogP contribution in [-0.2, 0) is 20.9 Å². The van der Waals surface area contributed by atoms with Gasteiger partial charge in [0.15, 0.2) is 0 Å². The van der Waals surface area contributed by atoms with Crippen LogP contribution in [0.1, 0.15) is 25.3 Å². The summed E-state index contributed by atoms with van der Waals surface area (Å²) in [5, 5.41) is 2.88. The fourth-order valence-corrected chi connectivity index (χ4v) is 2.26. The number of hydrogen-bond donors (Lipinski definition) is 1. The lowest BCUT2D eigenvalue weighted by Crippen LogP contribution is -2.44. The standard InChI is InChI=1S/C15H19NO3/c1-2-19-15(18)13-9-8-12(13)14(17)16-10-11-6-4-3-5-7-11/h3-7,12-13H,2,8-10H2,1H3,(H,16,17). The minimum atomic E-state index is -0.254. The minimum absolute atomic E-state index is 0.0480. The SMILES string of the molecule is CCOC(=O)C1CCC1C(=O)NCc1ccccc1. The molecule has 2 rings (SSSR count). The first kappa shape index (κ1) is 13.6. The van der Waals surface area contributed by atoms with Crippen molar-refractivity contribution in [2.24, 2.45) is 11.8 Å². The van der Waals surface area contributed by atoms with Crippen LogP contribution in [0.5, 0.6) is 0 Å². The van der Waals surface area contributed by atoms with Gasteiger partial charge in [-0.25, -0.2) is 0 Å². The molecule has 1 saturated carbocycles. The average molecular weight is 261 g/mol. The number of benzene rings is 1. The maximum Gasteiger partial charge on any atom is 0.309 e. The number of esters is 1. The second-order valence-corrected chi connectivity index (χ2v) is 4.75. The van der Waals surface area contributed by atoms with Crippen molar-refractivity contribution in [2.45, 2.75) is 26.3 Å². The van der Waals surface area contributed by atoms with Crippen molar-refractivity contribution < 1.29 is 14.3 Å². The van der Waals surface area contributed by atoms with Gasteiger partial charge in [-0.15, -0.1) is 0 Å². The van der Waals surface area contributed by atoms with Crippen molar-refractivity contribution in [2.75, 3.05) is 6.61 Å². The molecule has 19 heavy (non-hydrogen) atoms. The summed E-state index contributed by atoms with van der Waals surface area (Å²) in [6.45, 7) is 2.65. The minimum Gasteiger partial charge on any atom is -0.466 e. The van der Waals surface area contributed by atoms with Gasteiger partial charge < -0.3 is 10.1 Å². The quantitative estimate of drug-likeness (QED) is 0.823. The molecule has 0 aliphatic heterocycles. The van der Waals surface area contributed by atoms with Gasteiger partial charge in [-0.2, -0.15) is 0 Å². The Kier molecular flexibility index (Phi) is 4.55. The molecule has 1 amide bonds. The molecule has 1 aliphatic rings. The number of amides is 1. The van der Waals surface area contributed by atoms with Gasteiger partial charge in [0, 0.05) is 6.54 Å². The van der Waals surface area contributed by atoms with Gasteiger partial charge in [0.2, 0.25) is 5.91 Å². The largest absolute Gasteiger partial charge is 0.466 e. The van der Waals surface area contributed by atoms with Gasteiger partial charge in [0.1, 0.15) is 0 Å². The van der Waals surface area contributed by atoms with E-state index in [2.05, 4.69) is 5.32 Å². The molecule has 0 radical (unpaired) electrons. The van der Waals surface area contributed by atoms with E-state index in [-0.39, 0.29) is 23.7 Å². The van der Waals surface area contributed by atoms with Crippen LogP contribution in [0.15, 0.2) is 30.3 Å². The second-order valence-electron chi connectivity index (χ2n) is 4.75. The predicted octanol–water partition coefficient (Wildman–Crippen LogP) is 1.89. The molecule has 4 heteroatoms. The van der Waals surface area contributed by atoms with E-state index in [1.165, 1.54) is 0 Å². The first-order valence-electron chi connectivity index (χ1n) is 6.70. The van der Waals surface area contributed by atoms with Gasteiger partial charge in [-0.3, -0.25) is 9.59 Å². The van der Waals surface area contributed by atoms with Gasteiger partial charge in [0.25, 0.3) is 0 Å². The monoisotopic (exact) mass is 261 g/mol. The Morgan fingerprint density at radius 1 is 1.21 bits per heavy atom. The second kappa shape index (κ2) is 6.36. The van der Waals surface area contributed by atoms with Crippen molar-refractivity contribution in [3.63, 3.8) is 0 Å². The fraction of sp³-hybridized carbons (Fsp3) is 0.467. The first-order chi connectivity index (χ1) is 9.22. The molecule has 4 nitrogen and oxygen atoms in total. The molecule has 1 N–H and O–H groups in total. The van der Waals surface area contributed by atoms with E-state index < -0.39 is 0 Å². The van der Waals surface area contributed by atoms with Crippen LogP contribution in [0.2, 0.25) is 0 Å². The number of nitrogens with one attached hydrogen (secondary N) is 1. The number of ether oxygens (including phenoxy) is 1. The zero-order chi connectivity index (χ0) is 13.7. The normalized spacial score (nSPS) is 21.3. The smallest absolute Gasteiger partial charge is 0.309 e. The van der Waals surface area contributed by atoms with Crippen molar-refractivity contribution in [3.8, 4) is 0 Å². The Balaban J connectivity index is 1.82. The van der Waals surface area contributed by atoms with Crippen LogP contribution in [-0.4, -0.2) is 18.5 Å². The predicted molar refractivity (Wildman–Crippen MR) is 71.1 cm³/mol. The lowest BCUT2D eigenvalue weighted by atomic mass is 9.73. The number of carbonyl (C=O) groups excluding carboxylic acids is 2. The van der Waals surface area contributed by atoms with E-state index in [1.807, 2.05) is 30.3 Å². The molecule has 0 aromatic heterocycles. The van der Waals surface area contributed by atoms with Gasteiger partial charge in [-0.1, -0.05) is 30.3 Å². The average Bonchev–Trinajstić information content (AvgIpc) is 2.36. The van der Waals surface area contributed by atoms with E-state index in [0.717, 1.165) is 18.4 Å². The van der Waals surface area contributed by atoms with Crippen LogP contribution >= 0.6 is 0 Å². The van der Waals surface area contributed by atoms with Gasteiger partial charge >= 0.3 is 5.97 Å². The zero-order valence-corrected chi connectivity index (χ0v) is 11.1. The molecule has 1 aromatic rings. The number of rotatable bonds is 5. The Hall–Kier alpha value is -1.84. The molecule has 0 bridgehead atoms. The van der Waals surface area contributed by atoms with Crippen LogP contribution in [0.25, 0.3) is 0 Å². The van der Waals surface area contributed by atoms with E-state index in [1.54, 1.807) is 6.92 Å². The Morgan fingerprint density at radius 2 is 1.89 bits per heavy atom. The van der Waals surface area contributed by atoms with E-state index in [4.69, 9.17) is 4.74 Å². The summed E-state index contributed by atoms with van der Waals surface area (Å²) in [6.07, 6.45) is 1.52. The molecule has 2 unspecified atom stereocenters. The first-order valence-corrected chi connectivity index (χ1v) is 6.70. The zero-order valence-electron chi connectivity index (χ0n) is 11.1. The highest BCUT2D eigenvalue weighted by Gasteiger charge is 2.42. The Labute approximate surface area is 113 Å². The molecule has 1 fully saturated rings. The number of carbonyl (C=O) groups is 2. The Morgan fingerprint density at radius 3 is 2.47 bits per heavy atom. The topological polar surface area (TPSA) is 55.4 Å². The van der Waals surface area contributed by atoms with E-state index in [9.17, 15) is 9.59 Å². The number of hydrogen-bond acceptors (Lipinski definition) is 3. The highest BCUT2D eigenvalue weighted by atomic mass is 16.5. The van der Waals surface area contributed by atoms with Crippen molar-refractivity contribution in [1.82, 2.24) is 5.32 Å². The maximum atomic E-state index is 12.0. The summed E-state index contributed by atoms with van der Waals surface area (Å²) in [4.78, 5) is 23.6. The summed E-state index contributed by atoms with van der Waals surface area (Å²) in [5.41, 5.74) is 1.06. The van der Waals surface area contributed by atoms with Crippen LogP contribution in [0.4, 0.5) is 0 Å². The van der Waals surface area contributed by atoms with Crippen LogP contribution < -0.4 is 5.32 Å². The third-order valence-corrected chi connectivity index (χ3v) is 3.51. The molecule has 0 saturated heterocycles. The van der Waals surface area contributed by atoms with Crippen molar-refractivity contribution in [3.05, 3.63) is 35.9 Å². The third kappa shape index (κ3) is 3.34. The molecule has 0 heterocycles. The van der Waals surface area contributed by atoms with Crippen molar-refractivity contribution in [1.29, 1.82) is 0 Å². The summed E-state index contributed by atoms with van der Waals surface area (Å²) in [7, 11) is 0. The summed E-state index contributed by atoms with van der Waals surface area (Å²) in [6, 6.07) is 9.74. The highest BCUT2D eigenvalue weighted by molar-refractivity contribution is 5.86. The van der Waals surface area contributed by atoms with Gasteiger partial charge in [0.05, 0.1) is 18.4 Å². The van der Waals surface area contributed by atoms with Gasteiger partial charge in [-0.05, 0) is 25.3 Å². The van der Waals surface area contributed by atoms with Crippen molar-refractivity contribution >= 4 is 11.9 Å². The summed E-state index contributed by atoms with van der Waals surface area (Å²) < 4.78 is 4.97. The Bertz CT molecular complexity index is 444. The van der Waals surface area contributed by atoms with E-state index in [0.29, 0.717) is 13.2 Å². The lowest BCUT2D eigenvalue weighted by molar-refractivity contribution is -0.158. The molecular formula is C15H19NO3. The molecular weight excluding hydrogens is 242 g/mol. The molecule has 2 atom stereocenters. The molecule has 1 aliphatic carbocycles. The molecule has 0 spiro atoms. The maximum absolute atomic E-state index is 12.0. The lowest BCUT2D eigenvalue weighted by Gasteiger charge is -2.33. The summed E-state index contributed by atoms with van der Waals surface area (Å²) >= 11 is 0. The third-order valence-electron chi connectivity index (χ3n) is 3.51. The van der Waals surface area contributed by atoms with Crippen LogP contribution in [0, 0.1) is 11.8 Å². The molecule has 1 aromatic carbocycles. The van der Waals surface area contributed by atoms with E-state index >= 15 is 0 Å². The highest BCUT2D eigenvalue weighted by Crippen LogP contribution is 2.35. The molecule has 102 valence electrons. The van der Waals surface area contributed by atoms with Crippen LogP contribution in [0.3, 0.4) is 0 Å². The fourth-order valence-electron chi connectivity index (χ4n) is 2.26. The summed E-state index contributed by atoms with van der Waals surface area (Å²) in [5.74, 6) is -0.764.